The fraction of sp³-hybridized carbons (Fsp3) is 0.500. The molecule has 0 radical (unpaired) electrons. The summed E-state index contributed by atoms with van der Waals surface area (Å²) < 4.78 is 3.73. The van der Waals surface area contributed by atoms with Crippen LogP contribution < -0.4 is 5.32 Å². The van der Waals surface area contributed by atoms with Gasteiger partial charge < -0.3 is 15.0 Å². The molecule has 2 heterocycles. The highest BCUT2D eigenvalue weighted by Crippen LogP contribution is 2.19. The van der Waals surface area contributed by atoms with Gasteiger partial charge in [0.1, 0.15) is 11.4 Å². The van der Waals surface area contributed by atoms with Crippen molar-refractivity contribution in [2.24, 2.45) is 7.05 Å². The average Bonchev–Trinajstić information content (AvgIpc) is 3.08. The Hall–Kier alpha value is -2.57. The summed E-state index contributed by atoms with van der Waals surface area (Å²) in [5.41, 5.74) is 2.65. The van der Waals surface area contributed by atoms with E-state index in [4.69, 9.17) is 5.11 Å². The van der Waals surface area contributed by atoms with E-state index in [1.807, 2.05) is 37.6 Å². The molecular formula is C18H26N4O3. The van der Waals surface area contributed by atoms with Crippen LogP contribution in [0.3, 0.4) is 0 Å². The summed E-state index contributed by atoms with van der Waals surface area (Å²) in [6, 6.07) is 4.03. The van der Waals surface area contributed by atoms with E-state index in [1.54, 1.807) is 10.9 Å². The zero-order chi connectivity index (χ0) is 18.4. The number of carboxylic acids is 1. The summed E-state index contributed by atoms with van der Waals surface area (Å²) in [5, 5.41) is 15.8. The normalized spacial score (nSPS) is 10.8. The van der Waals surface area contributed by atoms with Crippen LogP contribution in [0.1, 0.15) is 53.8 Å². The van der Waals surface area contributed by atoms with Crippen LogP contribution in [0.4, 0.5) is 0 Å². The number of aromatic nitrogens is 3. The minimum absolute atomic E-state index is 0.138. The molecule has 0 atom stereocenters. The number of carboxylic acid groups (broad SMARTS) is 1. The largest absolute Gasteiger partial charge is 0.481 e. The molecule has 1 amide bonds. The Morgan fingerprint density at radius 1 is 1.12 bits per heavy atom. The van der Waals surface area contributed by atoms with Gasteiger partial charge in [-0.25, -0.2) is 0 Å². The monoisotopic (exact) mass is 346 g/mol. The Bertz CT molecular complexity index is 726. The Balaban J connectivity index is 1.92. The van der Waals surface area contributed by atoms with Crippen molar-refractivity contribution in [3.63, 3.8) is 0 Å². The first-order valence-electron chi connectivity index (χ1n) is 8.59. The quantitative estimate of drug-likeness (QED) is 0.683. The maximum Gasteiger partial charge on any atom is 0.303 e. The van der Waals surface area contributed by atoms with Gasteiger partial charge in [-0.05, 0) is 38.8 Å². The maximum absolute atomic E-state index is 12.5. The number of carbonyl (C=O) groups is 2. The molecular weight excluding hydrogens is 320 g/mol. The number of nitrogens with zero attached hydrogens (tertiary/aromatic N) is 3. The Morgan fingerprint density at radius 3 is 2.40 bits per heavy atom. The lowest BCUT2D eigenvalue weighted by molar-refractivity contribution is -0.137. The van der Waals surface area contributed by atoms with Gasteiger partial charge >= 0.3 is 5.97 Å². The van der Waals surface area contributed by atoms with Gasteiger partial charge in [0.15, 0.2) is 0 Å². The smallest absolute Gasteiger partial charge is 0.303 e. The van der Waals surface area contributed by atoms with Crippen molar-refractivity contribution in [3.05, 3.63) is 35.3 Å². The van der Waals surface area contributed by atoms with Crippen LogP contribution in [0.5, 0.6) is 0 Å². The molecule has 0 saturated carbocycles. The fourth-order valence-electron chi connectivity index (χ4n) is 2.91. The van der Waals surface area contributed by atoms with E-state index in [2.05, 4.69) is 10.4 Å². The van der Waals surface area contributed by atoms with Crippen LogP contribution in [-0.2, 0) is 11.8 Å². The molecule has 7 nitrogen and oxygen atoms in total. The summed E-state index contributed by atoms with van der Waals surface area (Å²) in [4.78, 5) is 23.0. The molecule has 7 heteroatoms. The van der Waals surface area contributed by atoms with Crippen LogP contribution in [-0.4, -0.2) is 37.9 Å². The molecule has 0 aliphatic heterocycles. The zero-order valence-corrected chi connectivity index (χ0v) is 15.1. The van der Waals surface area contributed by atoms with Crippen molar-refractivity contribution in [3.8, 4) is 5.82 Å². The molecule has 0 bridgehead atoms. The van der Waals surface area contributed by atoms with Crippen LogP contribution in [0.15, 0.2) is 18.3 Å². The van der Waals surface area contributed by atoms with Gasteiger partial charge in [-0.3, -0.25) is 14.3 Å². The number of hydrogen-bond donors (Lipinski definition) is 2. The predicted octanol–water partition coefficient (Wildman–Crippen LogP) is 2.59. The number of aryl methyl sites for hydroxylation is 3. The molecule has 0 aromatic carbocycles. The Kier molecular flexibility index (Phi) is 6.38. The molecule has 2 N–H and O–H groups in total. The van der Waals surface area contributed by atoms with Crippen LogP contribution in [0, 0.1) is 13.8 Å². The second-order valence-corrected chi connectivity index (χ2v) is 6.27. The summed E-state index contributed by atoms with van der Waals surface area (Å²) >= 11 is 0. The van der Waals surface area contributed by atoms with E-state index in [-0.39, 0.29) is 12.3 Å². The van der Waals surface area contributed by atoms with Gasteiger partial charge in [0.25, 0.3) is 5.91 Å². The summed E-state index contributed by atoms with van der Waals surface area (Å²) in [5.74, 6) is -0.131. The molecule has 0 aliphatic carbocycles. The fourth-order valence-corrected chi connectivity index (χ4v) is 2.91. The molecule has 2 rings (SSSR count). The third-order valence-electron chi connectivity index (χ3n) is 4.24. The standard InChI is InChI=1S/C18H26N4O3/c1-13-9-10-14(2)22(13)18-15(12-20-21(18)3)17(25)19-11-7-5-4-6-8-16(23)24/h9-10,12H,4-8,11H2,1-3H3,(H,19,25)(H,23,24). The van der Waals surface area contributed by atoms with Gasteiger partial charge in [0.05, 0.1) is 6.20 Å². The second kappa shape index (κ2) is 8.50. The van der Waals surface area contributed by atoms with Crippen molar-refractivity contribution < 1.29 is 14.7 Å². The minimum atomic E-state index is -0.756. The number of amides is 1. The van der Waals surface area contributed by atoms with E-state index in [9.17, 15) is 9.59 Å². The highest BCUT2D eigenvalue weighted by molar-refractivity contribution is 5.97. The average molecular weight is 346 g/mol. The van der Waals surface area contributed by atoms with E-state index in [1.165, 1.54) is 0 Å². The van der Waals surface area contributed by atoms with E-state index >= 15 is 0 Å². The molecule has 2 aromatic heterocycles. The number of carbonyl (C=O) groups excluding carboxylic acids is 1. The van der Waals surface area contributed by atoms with Crippen molar-refractivity contribution in [1.29, 1.82) is 0 Å². The number of rotatable bonds is 9. The molecule has 2 aromatic rings. The summed E-state index contributed by atoms with van der Waals surface area (Å²) in [7, 11) is 1.83. The minimum Gasteiger partial charge on any atom is -0.481 e. The van der Waals surface area contributed by atoms with Gasteiger partial charge in [-0.15, -0.1) is 0 Å². The van der Waals surface area contributed by atoms with Crippen LogP contribution in [0.25, 0.3) is 5.82 Å². The second-order valence-electron chi connectivity index (χ2n) is 6.27. The van der Waals surface area contributed by atoms with Crippen molar-refractivity contribution >= 4 is 11.9 Å². The molecule has 25 heavy (non-hydrogen) atoms. The van der Waals surface area contributed by atoms with Crippen molar-refractivity contribution in [1.82, 2.24) is 19.7 Å². The topological polar surface area (TPSA) is 89.2 Å². The third kappa shape index (κ3) is 4.71. The van der Waals surface area contributed by atoms with Gasteiger partial charge in [0.2, 0.25) is 0 Å². The highest BCUT2D eigenvalue weighted by atomic mass is 16.4. The number of hydrogen-bond acceptors (Lipinski definition) is 3. The summed E-state index contributed by atoms with van der Waals surface area (Å²) in [6.45, 7) is 4.57. The van der Waals surface area contributed by atoms with E-state index < -0.39 is 5.97 Å². The van der Waals surface area contributed by atoms with Crippen LogP contribution in [0.2, 0.25) is 0 Å². The SMILES string of the molecule is Cc1ccc(C)n1-c1c(C(=O)NCCCCCCC(=O)O)cnn1C. The maximum atomic E-state index is 12.5. The van der Waals surface area contributed by atoms with Gasteiger partial charge in [0, 0.05) is 31.4 Å². The third-order valence-corrected chi connectivity index (χ3v) is 4.24. The van der Waals surface area contributed by atoms with Gasteiger partial charge in [-0.2, -0.15) is 5.10 Å². The zero-order valence-electron chi connectivity index (χ0n) is 15.1. The first-order valence-corrected chi connectivity index (χ1v) is 8.59. The van der Waals surface area contributed by atoms with Crippen LogP contribution >= 0.6 is 0 Å². The van der Waals surface area contributed by atoms with E-state index in [0.717, 1.165) is 36.5 Å². The lowest BCUT2D eigenvalue weighted by Gasteiger charge is -2.12. The first kappa shape index (κ1) is 18.8. The summed E-state index contributed by atoms with van der Waals surface area (Å²) in [6.07, 6.45) is 5.09. The highest BCUT2D eigenvalue weighted by Gasteiger charge is 2.19. The number of nitrogens with one attached hydrogen (secondary N) is 1. The molecule has 0 aliphatic rings. The lowest BCUT2D eigenvalue weighted by atomic mass is 10.1. The van der Waals surface area contributed by atoms with E-state index in [0.29, 0.717) is 18.5 Å². The van der Waals surface area contributed by atoms with Crippen molar-refractivity contribution in [2.75, 3.05) is 6.54 Å². The molecule has 0 spiro atoms. The molecule has 136 valence electrons. The molecule has 0 saturated heterocycles. The van der Waals surface area contributed by atoms with Crippen molar-refractivity contribution in [2.45, 2.75) is 46.0 Å². The Morgan fingerprint density at radius 2 is 1.76 bits per heavy atom. The number of unbranched alkanes of at least 4 members (excludes halogenated alkanes) is 3. The molecule has 0 fully saturated rings. The predicted molar refractivity (Wildman–Crippen MR) is 95.1 cm³/mol. The Labute approximate surface area is 147 Å². The first-order chi connectivity index (χ1) is 11.9. The van der Waals surface area contributed by atoms with Gasteiger partial charge in [-0.1, -0.05) is 12.8 Å². The molecule has 0 unspecified atom stereocenters. The number of aliphatic carboxylic acids is 1. The lowest BCUT2D eigenvalue weighted by Crippen LogP contribution is -2.25.